The SMILES string of the molecule is CO[C@@]1(c2ccc(Cl)c(Cc3ccc(OCC(F)(F)F)cc3)c2)O[C@H](C=O)[C@@H](C)[C@H](OCc2ccccc2)[C@H]1OCc1ccccc1. The molecule has 0 aromatic heterocycles. The highest BCUT2D eigenvalue weighted by molar-refractivity contribution is 6.31. The molecule has 4 aromatic rings. The first kappa shape index (κ1) is 34.6. The van der Waals surface area contributed by atoms with E-state index in [9.17, 15) is 18.0 Å². The Kier molecular flexibility index (Phi) is 11.4. The Balaban J connectivity index is 1.48. The molecule has 1 aliphatic heterocycles. The average molecular weight is 669 g/mol. The molecule has 47 heavy (non-hydrogen) atoms. The molecule has 4 aromatic carbocycles. The minimum Gasteiger partial charge on any atom is -0.484 e. The smallest absolute Gasteiger partial charge is 0.422 e. The van der Waals surface area contributed by atoms with Crippen LogP contribution in [-0.4, -0.2) is 44.5 Å². The number of ether oxygens (including phenoxy) is 5. The number of alkyl halides is 3. The van der Waals surface area contributed by atoms with Gasteiger partial charge in [0.25, 0.3) is 0 Å². The summed E-state index contributed by atoms with van der Waals surface area (Å²) in [7, 11) is 1.50. The van der Waals surface area contributed by atoms with Gasteiger partial charge in [0.15, 0.2) is 6.61 Å². The Morgan fingerprint density at radius 3 is 2.04 bits per heavy atom. The summed E-state index contributed by atoms with van der Waals surface area (Å²) in [6, 6.07) is 31.1. The summed E-state index contributed by atoms with van der Waals surface area (Å²) < 4.78 is 68.5. The monoisotopic (exact) mass is 668 g/mol. The lowest BCUT2D eigenvalue weighted by Gasteiger charge is -2.50. The van der Waals surface area contributed by atoms with Gasteiger partial charge in [-0.25, -0.2) is 0 Å². The molecule has 10 heteroatoms. The lowest BCUT2D eigenvalue weighted by atomic mass is 9.82. The molecule has 0 N–H and O–H groups in total. The summed E-state index contributed by atoms with van der Waals surface area (Å²) in [5, 5.41) is 0.465. The van der Waals surface area contributed by atoms with E-state index < -0.39 is 36.9 Å². The number of benzene rings is 4. The summed E-state index contributed by atoms with van der Waals surface area (Å²) in [6.45, 7) is 1.03. The van der Waals surface area contributed by atoms with Gasteiger partial charge in [0.2, 0.25) is 5.79 Å². The highest BCUT2D eigenvalue weighted by Crippen LogP contribution is 2.45. The van der Waals surface area contributed by atoms with E-state index in [1.54, 1.807) is 24.3 Å². The number of aldehydes is 1. The van der Waals surface area contributed by atoms with Gasteiger partial charge in [0.05, 0.1) is 19.3 Å². The zero-order valence-electron chi connectivity index (χ0n) is 26.0. The second kappa shape index (κ2) is 15.4. The highest BCUT2D eigenvalue weighted by atomic mass is 35.5. The van der Waals surface area contributed by atoms with E-state index in [1.807, 2.05) is 73.7 Å². The molecule has 0 saturated carbocycles. The van der Waals surface area contributed by atoms with Gasteiger partial charge in [-0.05, 0) is 52.9 Å². The van der Waals surface area contributed by atoms with E-state index >= 15 is 0 Å². The van der Waals surface area contributed by atoms with Crippen molar-refractivity contribution < 1.29 is 41.7 Å². The van der Waals surface area contributed by atoms with Crippen LogP contribution in [0.5, 0.6) is 5.75 Å². The topological polar surface area (TPSA) is 63.2 Å². The normalized spacial score (nSPS) is 22.9. The Hall–Kier alpha value is -3.73. The molecule has 0 aliphatic carbocycles. The standard InChI is InChI=1S/C37H36ClF3O6/c1-25-33(21-42)47-37(43-2,35(45-23-28-11-7-4-8-12-28)34(25)44-22-27-9-5-3-6-10-27)30-15-18-32(38)29(20-30)19-26-13-16-31(17-14-26)46-24-36(39,40)41/h3-18,20-21,25,33-35H,19,22-24H2,1-2H3/t25-,33-,34+,35-,37+/m1/s1. The van der Waals surface area contributed by atoms with Gasteiger partial charge < -0.3 is 28.5 Å². The van der Waals surface area contributed by atoms with Gasteiger partial charge in [-0.1, -0.05) is 97.4 Å². The zero-order valence-corrected chi connectivity index (χ0v) is 26.7. The Morgan fingerprint density at radius 2 is 1.47 bits per heavy atom. The minimum atomic E-state index is -4.43. The molecule has 6 nitrogen and oxygen atoms in total. The van der Waals surface area contributed by atoms with Crippen LogP contribution in [0.1, 0.15) is 34.7 Å². The quantitative estimate of drug-likeness (QED) is 0.134. The fourth-order valence-electron chi connectivity index (χ4n) is 5.71. The minimum absolute atomic E-state index is 0.105. The fourth-order valence-corrected chi connectivity index (χ4v) is 5.89. The van der Waals surface area contributed by atoms with Crippen LogP contribution in [0.3, 0.4) is 0 Å². The number of rotatable bonds is 13. The van der Waals surface area contributed by atoms with Crippen molar-refractivity contribution in [2.45, 2.75) is 56.8 Å². The third-order valence-corrected chi connectivity index (χ3v) is 8.55. The van der Waals surface area contributed by atoms with Crippen LogP contribution >= 0.6 is 11.6 Å². The predicted molar refractivity (Wildman–Crippen MR) is 171 cm³/mol. The summed E-state index contributed by atoms with van der Waals surface area (Å²) in [6.07, 6.45) is -5.64. The van der Waals surface area contributed by atoms with Crippen molar-refractivity contribution in [3.63, 3.8) is 0 Å². The van der Waals surface area contributed by atoms with Crippen molar-refractivity contribution in [3.8, 4) is 5.75 Å². The number of carbonyl (C=O) groups is 1. The molecule has 0 bridgehead atoms. The van der Waals surface area contributed by atoms with Crippen LogP contribution in [0, 0.1) is 5.92 Å². The van der Waals surface area contributed by atoms with Crippen molar-refractivity contribution >= 4 is 17.9 Å². The van der Waals surface area contributed by atoms with Gasteiger partial charge in [0, 0.05) is 23.6 Å². The van der Waals surface area contributed by atoms with E-state index in [0.29, 0.717) is 22.6 Å². The lowest BCUT2D eigenvalue weighted by Crippen LogP contribution is -2.62. The summed E-state index contributed by atoms with van der Waals surface area (Å²) in [5.41, 5.74) is 3.96. The fraction of sp³-hybridized carbons (Fsp3) is 0.324. The third-order valence-electron chi connectivity index (χ3n) is 8.18. The van der Waals surface area contributed by atoms with Crippen molar-refractivity contribution in [1.29, 1.82) is 0 Å². The molecule has 1 saturated heterocycles. The van der Waals surface area contributed by atoms with Crippen LogP contribution < -0.4 is 4.74 Å². The van der Waals surface area contributed by atoms with Crippen LogP contribution in [0.4, 0.5) is 13.2 Å². The van der Waals surface area contributed by atoms with Crippen molar-refractivity contribution in [2.24, 2.45) is 5.92 Å². The van der Waals surface area contributed by atoms with Crippen molar-refractivity contribution in [3.05, 3.63) is 136 Å². The molecule has 5 atom stereocenters. The van der Waals surface area contributed by atoms with E-state index in [1.165, 1.54) is 19.2 Å². The number of hydrogen-bond donors (Lipinski definition) is 0. The molecule has 248 valence electrons. The number of halogens is 4. The lowest BCUT2D eigenvalue weighted by molar-refractivity contribution is -0.361. The first-order chi connectivity index (χ1) is 22.6. The maximum absolute atomic E-state index is 12.6. The number of hydrogen-bond acceptors (Lipinski definition) is 6. The van der Waals surface area contributed by atoms with E-state index in [-0.39, 0.29) is 24.9 Å². The molecule has 1 fully saturated rings. The first-order valence-electron chi connectivity index (χ1n) is 15.2. The Morgan fingerprint density at radius 1 is 0.851 bits per heavy atom. The second-order valence-corrected chi connectivity index (χ2v) is 11.9. The molecule has 0 amide bonds. The van der Waals surface area contributed by atoms with Crippen molar-refractivity contribution in [1.82, 2.24) is 0 Å². The zero-order chi connectivity index (χ0) is 33.4. The predicted octanol–water partition coefficient (Wildman–Crippen LogP) is 8.08. The van der Waals surface area contributed by atoms with Gasteiger partial charge >= 0.3 is 6.18 Å². The molecular formula is C37H36ClF3O6. The maximum Gasteiger partial charge on any atom is 0.422 e. The van der Waals surface area contributed by atoms with Crippen molar-refractivity contribution in [2.75, 3.05) is 13.7 Å². The number of carbonyl (C=O) groups excluding carboxylic acids is 1. The van der Waals surface area contributed by atoms with Crippen LogP contribution in [0.15, 0.2) is 103 Å². The van der Waals surface area contributed by atoms with E-state index in [4.69, 9.17) is 35.3 Å². The Labute approximate surface area is 277 Å². The van der Waals surface area contributed by atoms with Crippen LogP contribution in [0.25, 0.3) is 0 Å². The maximum atomic E-state index is 12.6. The van der Waals surface area contributed by atoms with E-state index in [2.05, 4.69) is 0 Å². The molecule has 1 heterocycles. The molecule has 0 spiro atoms. The van der Waals surface area contributed by atoms with Crippen LogP contribution in [-0.2, 0) is 49.2 Å². The van der Waals surface area contributed by atoms with Crippen LogP contribution in [0.2, 0.25) is 5.02 Å². The van der Waals surface area contributed by atoms with Gasteiger partial charge in [0.1, 0.15) is 24.2 Å². The first-order valence-corrected chi connectivity index (χ1v) is 15.6. The van der Waals surface area contributed by atoms with E-state index in [0.717, 1.165) is 23.0 Å². The van der Waals surface area contributed by atoms with Gasteiger partial charge in [-0.3, -0.25) is 0 Å². The molecule has 1 aliphatic rings. The largest absolute Gasteiger partial charge is 0.484 e. The highest BCUT2D eigenvalue weighted by Gasteiger charge is 2.56. The molecule has 0 radical (unpaired) electrons. The Bertz CT molecular complexity index is 1590. The number of methoxy groups -OCH3 is 1. The average Bonchev–Trinajstić information content (AvgIpc) is 3.08. The summed E-state index contributed by atoms with van der Waals surface area (Å²) in [5.74, 6) is -1.85. The van der Waals surface area contributed by atoms with Gasteiger partial charge in [-0.15, -0.1) is 0 Å². The van der Waals surface area contributed by atoms with Gasteiger partial charge in [-0.2, -0.15) is 13.2 Å². The molecule has 0 unspecified atom stereocenters. The molecule has 5 rings (SSSR count). The summed E-state index contributed by atoms with van der Waals surface area (Å²) in [4.78, 5) is 12.4. The molecular weight excluding hydrogens is 633 g/mol. The third kappa shape index (κ3) is 8.60. The second-order valence-electron chi connectivity index (χ2n) is 11.5. The summed E-state index contributed by atoms with van der Waals surface area (Å²) >= 11 is 6.66.